The van der Waals surface area contributed by atoms with Crippen molar-refractivity contribution in [3.63, 3.8) is 0 Å². The van der Waals surface area contributed by atoms with Gasteiger partial charge >= 0.3 is 0 Å². The predicted molar refractivity (Wildman–Crippen MR) is 112 cm³/mol. The van der Waals surface area contributed by atoms with Gasteiger partial charge in [-0.25, -0.2) is 4.39 Å². The monoisotopic (exact) mass is 441 g/mol. The molecule has 168 valence electrons. The summed E-state index contributed by atoms with van der Waals surface area (Å²) in [7, 11) is 1.32. The van der Waals surface area contributed by atoms with Crippen LogP contribution in [-0.4, -0.2) is 46.8 Å². The third kappa shape index (κ3) is 3.28. The van der Waals surface area contributed by atoms with Crippen LogP contribution in [0, 0.1) is 5.82 Å². The number of hydrogen-bond donors (Lipinski definition) is 1. The number of fused-ring (bicyclic) bond motifs is 5. The first-order valence-corrected chi connectivity index (χ1v) is 10.7. The second-order valence-electron chi connectivity index (χ2n) is 8.54. The number of carbonyl (C=O) groups excluding carboxylic acids is 2. The molecule has 9 heteroatoms. The van der Waals surface area contributed by atoms with Gasteiger partial charge in [0.05, 0.1) is 25.8 Å². The van der Waals surface area contributed by atoms with Crippen molar-refractivity contribution < 1.29 is 23.5 Å². The van der Waals surface area contributed by atoms with Crippen molar-refractivity contribution >= 4 is 11.8 Å². The van der Waals surface area contributed by atoms with E-state index in [4.69, 9.17) is 9.47 Å². The number of carbonyl (C=O) groups is 2. The first-order valence-electron chi connectivity index (χ1n) is 10.7. The molecule has 4 atom stereocenters. The molecule has 2 bridgehead atoms. The third-order valence-corrected chi connectivity index (χ3v) is 6.60. The van der Waals surface area contributed by atoms with Crippen LogP contribution in [0.1, 0.15) is 58.6 Å². The van der Waals surface area contributed by atoms with Gasteiger partial charge in [0, 0.05) is 12.2 Å². The fraction of sp³-hybridized carbons (Fsp3) is 0.435. The van der Waals surface area contributed by atoms with Gasteiger partial charge in [-0.15, -0.1) is 0 Å². The standard InChI is InChI=1S/C23H24FN3O5/c1-12(13-3-5-14(24)6-4-13)25-22(29)17-10-26-11-18-27(15-7-8-16(9-15)32-18)23(30)19(26)21(31-2)20(17)28/h3-6,10,12,15-16,18H,7-9,11H2,1-2H3,(H,25,29)/t12-,15?,16-,18+/m0/s1. The van der Waals surface area contributed by atoms with Crippen molar-refractivity contribution in [3.8, 4) is 5.75 Å². The number of halogens is 1. The fourth-order valence-electron chi connectivity index (χ4n) is 5.00. The second kappa shape index (κ2) is 7.74. The van der Waals surface area contributed by atoms with E-state index in [0.29, 0.717) is 12.1 Å². The summed E-state index contributed by atoms with van der Waals surface area (Å²) in [6.07, 6.45) is 3.70. The van der Waals surface area contributed by atoms with Crippen LogP contribution in [0.5, 0.6) is 5.75 Å². The summed E-state index contributed by atoms with van der Waals surface area (Å²) >= 11 is 0. The lowest BCUT2D eigenvalue weighted by Gasteiger charge is -2.44. The number of ether oxygens (including phenoxy) is 2. The molecule has 0 radical (unpaired) electrons. The molecule has 2 fully saturated rings. The van der Waals surface area contributed by atoms with E-state index >= 15 is 0 Å². The van der Waals surface area contributed by atoms with Crippen LogP contribution in [-0.2, 0) is 11.3 Å². The number of nitrogens with one attached hydrogen (secondary N) is 1. The molecule has 2 amide bonds. The highest BCUT2D eigenvalue weighted by Gasteiger charge is 2.47. The lowest BCUT2D eigenvalue weighted by atomic mass is 10.1. The van der Waals surface area contributed by atoms with Crippen molar-refractivity contribution in [2.24, 2.45) is 0 Å². The van der Waals surface area contributed by atoms with E-state index in [-0.39, 0.29) is 40.9 Å². The van der Waals surface area contributed by atoms with Crippen LogP contribution in [0.2, 0.25) is 0 Å². The minimum absolute atomic E-state index is 0.0966. The molecule has 1 N–H and O–H groups in total. The molecule has 5 rings (SSSR count). The zero-order valence-corrected chi connectivity index (χ0v) is 17.8. The van der Waals surface area contributed by atoms with Crippen molar-refractivity contribution in [2.45, 2.75) is 57.1 Å². The first kappa shape index (κ1) is 20.7. The second-order valence-corrected chi connectivity index (χ2v) is 8.54. The SMILES string of the molecule is COc1c2n(cc(C(=O)N[C@@H](C)c3ccc(F)cc3)c1=O)C[C@H]1O[C@H]3CCC(C3)N1C2=O. The van der Waals surface area contributed by atoms with Gasteiger partial charge in [0.1, 0.15) is 11.4 Å². The van der Waals surface area contributed by atoms with Gasteiger partial charge in [-0.2, -0.15) is 0 Å². The van der Waals surface area contributed by atoms with E-state index in [1.165, 1.54) is 25.4 Å². The zero-order valence-electron chi connectivity index (χ0n) is 17.8. The van der Waals surface area contributed by atoms with Crippen LogP contribution in [0.25, 0.3) is 0 Å². The summed E-state index contributed by atoms with van der Waals surface area (Å²) in [6.45, 7) is 2.06. The maximum atomic E-state index is 13.3. The van der Waals surface area contributed by atoms with Gasteiger partial charge in [0.25, 0.3) is 11.8 Å². The van der Waals surface area contributed by atoms with Gasteiger partial charge in [0.15, 0.2) is 17.7 Å². The molecule has 0 spiro atoms. The number of methoxy groups -OCH3 is 1. The lowest BCUT2D eigenvalue weighted by Crippen LogP contribution is -2.57. The van der Waals surface area contributed by atoms with E-state index in [1.54, 1.807) is 28.5 Å². The maximum absolute atomic E-state index is 13.3. The topological polar surface area (TPSA) is 89.9 Å². The molecule has 3 aliphatic rings. The molecular weight excluding hydrogens is 417 g/mol. The van der Waals surface area contributed by atoms with E-state index in [0.717, 1.165) is 19.3 Å². The zero-order chi connectivity index (χ0) is 22.6. The highest BCUT2D eigenvalue weighted by molar-refractivity contribution is 5.99. The molecule has 2 aliphatic heterocycles. The molecule has 1 aliphatic carbocycles. The van der Waals surface area contributed by atoms with Gasteiger partial charge in [-0.3, -0.25) is 14.4 Å². The number of pyridine rings is 1. The summed E-state index contributed by atoms with van der Waals surface area (Å²) in [6, 6.07) is 5.40. The Labute approximate surface area is 183 Å². The van der Waals surface area contributed by atoms with Crippen molar-refractivity contribution in [1.82, 2.24) is 14.8 Å². The summed E-state index contributed by atoms with van der Waals surface area (Å²) in [5.41, 5.74) is 0.0729. The fourth-order valence-corrected chi connectivity index (χ4v) is 5.00. The molecule has 3 heterocycles. The molecule has 32 heavy (non-hydrogen) atoms. The Morgan fingerprint density at radius 1 is 1.25 bits per heavy atom. The van der Waals surface area contributed by atoms with E-state index in [1.807, 2.05) is 0 Å². The third-order valence-electron chi connectivity index (χ3n) is 6.60. The number of hydrogen-bond acceptors (Lipinski definition) is 5. The van der Waals surface area contributed by atoms with Gasteiger partial charge in [-0.1, -0.05) is 12.1 Å². The molecule has 1 saturated heterocycles. The molecule has 1 saturated carbocycles. The Bertz CT molecular complexity index is 1150. The Kier molecular flexibility index (Phi) is 5.00. The Hall–Kier alpha value is -3.20. The molecular formula is C23H24FN3O5. The average molecular weight is 441 g/mol. The number of nitrogens with zero attached hydrogens (tertiary/aromatic N) is 2. The van der Waals surface area contributed by atoms with Crippen LogP contribution < -0.4 is 15.5 Å². The molecule has 1 aromatic carbocycles. The summed E-state index contributed by atoms with van der Waals surface area (Å²) in [5, 5.41) is 2.77. The summed E-state index contributed by atoms with van der Waals surface area (Å²) < 4.78 is 26.2. The van der Waals surface area contributed by atoms with Crippen LogP contribution in [0.3, 0.4) is 0 Å². The van der Waals surface area contributed by atoms with E-state index < -0.39 is 23.6 Å². The molecule has 1 unspecified atom stereocenters. The number of rotatable bonds is 4. The minimum atomic E-state index is -0.642. The largest absolute Gasteiger partial charge is 0.491 e. The van der Waals surface area contributed by atoms with Crippen LogP contribution >= 0.6 is 0 Å². The Morgan fingerprint density at radius 2 is 2.00 bits per heavy atom. The van der Waals surface area contributed by atoms with Gasteiger partial charge in [0.2, 0.25) is 5.43 Å². The van der Waals surface area contributed by atoms with Crippen molar-refractivity contribution in [3.05, 3.63) is 63.3 Å². The molecule has 8 nitrogen and oxygen atoms in total. The predicted octanol–water partition coefficient (Wildman–Crippen LogP) is 2.22. The van der Waals surface area contributed by atoms with Crippen molar-refractivity contribution in [1.29, 1.82) is 0 Å². The molecule has 1 aromatic heterocycles. The molecule has 2 aromatic rings. The number of amides is 2. The normalized spacial score (nSPS) is 24.5. The Morgan fingerprint density at radius 3 is 2.72 bits per heavy atom. The summed E-state index contributed by atoms with van der Waals surface area (Å²) in [5.74, 6) is -1.43. The highest BCUT2D eigenvalue weighted by atomic mass is 19.1. The first-order chi connectivity index (χ1) is 15.4. The quantitative estimate of drug-likeness (QED) is 0.786. The van der Waals surface area contributed by atoms with Crippen LogP contribution in [0.4, 0.5) is 4.39 Å². The van der Waals surface area contributed by atoms with E-state index in [2.05, 4.69) is 5.32 Å². The maximum Gasteiger partial charge on any atom is 0.276 e. The van der Waals surface area contributed by atoms with E-state index in [9.17, 15) is 18.8 Å². The lowest BCUT2D eigenvalue weighted by molar-refractivity contribution is -0.132. The average Bonchev–Trinajstić information content (AvgIpc) is 3.15. The number of aromatic nitrogens is 1. The highest BCUT2D eigenvalue weighted by Crippen LogP contribution is 2.38. The van der Waals surface area contributed by atoms with Crippen molar-refractivity contribution in [2.75, 3.05) is 7.11 Å². The van der Waals surface area contributed by atoms with Gasteiger partial charge in [-0.05, 0) is 43.9 Å². The smallest absolute Gasteiger partial charge is 0.276 e. The Balaban J connectivity index is 1.48. The van der Waals surface area contributed by atoms with Gasteiger partial charge < -0.3 is 24.3 Å². The van der Waals surface area contributed by atoms with Crippen LogP contribution in [0.15, 0.2) is 35.3 Å². The number of benzene rings is 1. The summed E-state index contributed by atoms with van der Waals surface area (Å²) in [4.78, 5) is 41.1. The minimum Gasteiger partial charge on any atom is -0.491 e.